The van der Waals surface area contributed by atoms with E-state index in [1.807, 2.05) is 29.3 Å². The number of anilines is 1. The van der Waals surface area contributed by atoms with Gasteiger partial charge in [-0.1, -0.05) is 0 Å². The summed E-state index contributed by atoms with van der Waals surface area (Å²) < 4.78 is 12.2. The molecule has 3 heterocycles. The molecule has 9 nitrogen and oxygen atoms in total. The third-order valence-electron chi connectivity index (χ3n) is 4.86. The quantitative estimate of drug-likeness (QED) is 0.650. The molecule has 150 valence electrons. The summed E-state index contributed by atoms with van der Waals surface area (Å²) in [6, 6.07) is 10.9. The predicted molar refractivity (Wildman–Crippen MR) is 107 cm³/mol. The van der Waals surface area contributed by atoms with Crippen LogP contribution in [-0.2, 0) is 0 Å². The second-order valence-corrected chi connectivity index (χ2v) is 6.58. The first kappa shape index (κ1) is 18.7. The maximum atomic E-state index is 12.9. The summed E-state index contributed by atoms with van der Waals surface area (Å²) in [6.07, 6.45) is 3.52. The molecular formula is C20H22N6O3. The van der Waals surface area contributed by atoms with Crippen molar-refractivity contribution in [1.82, 2.24) is 24.9 Å². The zero-order valence-electron chi connectivity index (χ0n) is 16.4. The van der Waals surface area contributed by atoms with Gasteiger partial charge in [-0.15, -0.1) is 10.2 Å². The molecule has 2 aromatic heterocycles. The standard InChI is InChI=1S/C20H22N6O3/c1-28-16-12-15(13-17(14-16)29-2)20(27)25-10-8-24(9-11-25)18-4-5-19(23-22-18)26-7-3-6-21-26/h3-7,12-14H,8-11H2,1-2H3. The van der Waals surface area contributed by atoms with E-state index in [0.717, 1.165) is 5.82 Å². The van der Waals surface area contributed by atoms with Gasteiger partial charge in [0.2, 0.25) is 0 Å². The molecule has 0 spiro atoms. The number of amides is 1. The van der Waals surface area contributed by atoms with Crippen molar-refractivity contribution in [3.8, 4) is 17.3 Å². The third-order valence-corrected chi connectivity index (χ3v) is 4.86. The Hall–Kier alpha value is -3.62. The van der Waals surface area contributed by atoms with E-state index in [0.29, 0.717) is 49.1 Å². The number of hydrogen-bond donors (Lipinski definition) is 0. The largest absolute Gasteiger partial charge is 0.497 e. The van der Waals surface area contributed by atoms with Crippen molar-refractivity contribution in [2.75, 3.05) is 45.3 Å². The fourth-order valence-electron chi connectivity index (χ4n) is 3.27. The lowest BCUT2D eigenvalue weighted by molar-refractivity contribution is 0.0745. The van der Waals surface area contributed by atoms with E-state index in [1.165, 1.54) is 0 Å². The summed E-state index contributed by atoms with van der Waals surface area (Å²) in [7, 11) is 3.14. The monoisotopic (exact) mass is 394 g/mol. The molecule has 4 rings (SSSR count). The van der Waals surface area contributed by atoms with Gasteiger partial charge in [-0.05, 0) is 30.3 Å². The summed E-state index contributed by atoms with van der Waals surface area (Å²) in [5, 5.41) is 12.7. The Balaban J connectivity index is 1.41. The van der Waals surface area contributed by atoms with Gasteiger partial charge in [0.15, 0.2) is 11.6 Å². The van der Waals surface area contributed by atoms with Crippen LogP contribution >= 0.6 is 0 Å². The van der Waals surface area contributed by atoms with Gasteiger partial charge in [0.1, 0.15) is 11.5 Å². The highest BCUT2D eigenvalue weighted by molar-refractivity contribution is 5.95. The highest BCUT2D eigenvalue weighted by Gasteiger charge is 2.24. The van der Waals surface area contributed by atoms with Crippen molar-refractivity contribution < 1.29 is 14.3 Å². The molecule has 1 aliphatic heterocycles. The van der Waals surface area contributed by atoms with Crippen molar-refractivity contribution >= 4 is 11.7 Å². The minimum atomic E-state index is -0.0398. The lowest BCUT2D eigenvalue weighted by Gasteiger charge is -2.35. The van der Waals surface area contributed by atoms with E-state index in [4.69, 9.17) is 9.47 Å². The molecule has 1 aromatic carbocycles. The molecule has 0 unspecified atom stereocenters. The van der Waals surface area contributed by atoms with Crippen molar-refractivity contribution in [1.29, 1.82) is 0 Å². The van der Waals surface area contributed by atoms with Crippen LogP contribution in [0, 0.1) is 0 Å². The van der Waals surface area contributed by atoms with E-state index < -0.39 is 0 Å². The SMILES string of the molecule is COc1cc(OC)cc(C(=O)N2CCN(c3ccc(-n4cccn4)nn3)CC2)c1. The number of benzene rings is 1. The molecule has 29 heavy (non-hydrogen) atoms. The molecule has 0 atom stereocenters. The molecule has 1 fully saturated rings. The van der Waals surface area contributed by atoms with Gasteiger partial charge in [0.25, 0.3) is 5.91 Å². The second kappa shape index (κ2) is 8.17. The number of carbonyl (C=O) groups is 1. The first-order valence-corrected chi connectivity index (χ1v) is 9.29. The minimum absolute atomic E-state index is 0.0398. The third kappa shape index (κ3) is 3.98. The molecule has 0 aliphatic carbocycles. The number of nitrogens with zero attached hydrogens (tertiary/aromatic N) is 6. The van der Waals surface area contributed by atoms with Crippen molar-refractivity contribution in [3.63, 3.8) is 0 Å². The number of piperazine rings is 1. The molecule has 0 saturated carbocycles. The van der Waals surface area contributed by atoms with Gasteiger partial charge in [-0.2, -0.15) is 5.10 Å². The fraction of sp³-hybridized carbons (Fsp3) is 0.300. The van der Waals surface area contributed by atoms with Crippen LogP contribution in [0.1, 0.15) is 10.4 Å². The fourth-order valence-corrected chi connectivity index (χ4v) is 3.27. The van der Waals surface area contributed by atoms with Crippen LogP contribution in [0.4, 0.5) is 5.82 Å². The summed E-state index contributed by atoms with van der Waals surface area (Å²) in [4.78, 5) is 16.9. The molecule has 1 saturated heterocycles. The molecule has 0 radical (unpaired) electrons. The Morgan fingerprint density at radius 3 is 2.14 bits per heavy atom. The Kier molecular flexibility index (Phi) is 5.28. The molecule has 0 N–H and O–H groups in total. The van der Waals surface area contributed by atoms with Crippen molar-refractivity contribution in [2.45, 2.75) is 0 Å². The number of aromatic nitrogens is 4. The lowest BCUT2D eigenvalue weighted by Crippen LogP contribution is -2.49. The molecular weight excluding hydrogens is 372 g/mol. The van der Waals surface area contributed by atoms with E-state index in [9.17, 15) is 4.79 Å². The number of hydrogen-bond acceptors (Lipinski definition) is 7. The Morgan fingerprint density at radius 1 is 0.931 bits per heavy atom. The maximum Gasteiger partial charge on any atom is 0.254 e. The first-order valence-electron chi connectivity index (χ1n) is 9.29. The summed E-state index contributed by atoms with van der Waals surface area (Å²) in [6.45, 7) is 2.56. The Bertz CT molecular complexity index is 944. The van der Waals surface area contributed by atoms with Crippen LogP contribution in [-0.4, -0.2) is 71.2 Å². The average molecular weight is 394 g/mol. The van der Waals surface area contributed by atoms with Gasteiger partial charge in [-0.25, -0.2) is 4.68 Å². The Labute approximate surface area is 168 Å². The predicted octanol–water partition coefficient (Wildman–Crippen LogP) is 1.64. The van der Waals surface area contributed by atoms with Crippen LogP contribution in [0.3, 0.4) is 0 Å². The number of methoxy groups -OCH3 is 2. The second-order valence-electron chi connectivity index (χ2n) is 6.58. The normalized spacial score (nSPS) is 14.0. The maximum absolute atomic E-state index is 12.9. The van der Waals surface area contributed by atoms with Crippen LogP contribution in [0.2, 0.25) is 0 Å². The number of carbonyl (C=O) groups excluding carboxylic acids is 1. The summed E-state index contributed by atoms with van der Waals surface area (Å²) in [5.74, 6) is 2.61. The summed E-state index contributed by atoms with van der Waals surface area (Å²) >= 11 is 0. The Morgan fingerprint density at radius 2 is 1.59 bits per heavy atom. The zero-order valence-corrected chi connectivity index (χ0v) is 16.4. The number of ether oxygens (including phenoxy) is 2. The topological polar surface area (TPSA) is 85.6 Å². The first-order chi connectivity index (χ1) is 14.2. The summed E-state index contributed by atoms with van der Waals surface area (Å²) in [5.41, 5.74) is 0.554. The molecule has 0 bridgehead atoms. The van der Waals surface area contributed by atoms with E-state index in [-0.39, 0.29) is 5.91 Å². The van der Waals surface area contributed by atoms with Crippen LogP contribution < -0.4 is 14.4 Å². The van der Waals surface area contributed by atoms with Gasteiger partial charge in [0.05, 0.1) is 14.2 Å². The molecule has 1 aliphatic rings. The van der Waals surface area contributed by atoms with Gasteiger partial charge >= 0.3 is 0 Å². The molecule has 1 amide bonds. The number of rotatable bonds is 5. The van der Waals surface area contributed by atoms with Gasteiger partial charge < -0.3 is 19.3 Å². The van der Waals surface area contributed by atoms with Crippen LogP contribution in [0.25, 0.3) is 5.82 Å². The van der Waals surface area contributed by atoms with Crippen LogP contribution in [0.5, 0.6) is 11.5 Å². The van der Waals surface area contributed by atoms with Crippen molar-refractivity contribution in [3.05, 3.63) is 54.4 Å². The molecule has 9 heteroatoms. The van der Waals surface area contributed by atoms with E-state index in [2.05, 4.69) is 20.2 Å². The zero-order chi connectivity index (χ0) is 20.2. The van der Waals surface area contributed by atoms with Crippen molar-refractivity contribution in [2.24, 2.45) is 0 Å². The average Bonchev–Trinajstić information content (AvgIpc) is 3.33. The smallest absolute Gasteiger partial charge is 0.254 e. The van der Waals surface area contributed by atoms with Gasteiger partial charge in [0, 0.05) is 50.2 Å². The van der Waals surface area contributed by atoms with Gasteiger partial charge in [-0.3, -0.25) is 4.79 Å². The van der Waals surface area contributed by atoms with E-state index >= 15 is 0 Å². The molecule has 3 aromatic rings. The lowest BCUT2D eigenvalue weighted by atomic mass is 10.1. The highest BCUT2D eigenvalue weighted by Crippen LogP contribution is 2.24. The highest BCUT2D eigenvalue weighted by atomic mass is 16.5. The minimum Gasteiger partial charge on any atom is -0.497 e. The van der Waals surface area contributed by atoms with Crippen LogP contribution in [0.15, 0.2) is 48.8 Å². The van der Waals surface area contributed by atoms with E-state index in [1.54, 1.807) is 43.3 Å².